The predicted molar refractivity (Wildman–Crippen MR) is 146 cm³/mol. The van der Waals surface area contributed by atoms with Crippen LogP contribution in [-0.2, 0) is 14.4 Å². The molecule has 1 aromatic heterocycles. The number of rotatable bonds is 6. The van der Waals surface area contributed by atoms with Gasteiger partial charge in [-0.15, -0.1) is 0 Å². The minimum atomic E-state index is -0.657. The molecule has 3 atom stereocenters. The smallest absolute Gasteiger partial charge is 0.305 e. The van der Waals surface area contributed by atoms with Gasteiger partial charge in [-0.3, -0.25) is 19.2 Å². The van der Waals surface area contributed by atoms with Crippen LogP contribution in [0.1, 0.15) is 16.4 Å². The van der Waals surface area contributed by atoms with Crippen LogP contribution in [-0.4, -0.2) is 34.6 Å². The van der Waals surface area contributed by atoms with E-state index in [0.29, 0.717) is 22.2 Å². The van der Waals surface area contributed by atoms with Crippen LogP contribution in [0.4, 0.5) is 11.4 Å². The molecular formula is C28H21N3O5S2. The van der Waals surface area contributed by atoms with E-state index in [2.05, 4.69) is 10.3 Å². The Kier molecular flexibility index (Phi) is 6.34. The third kappa shape index (κ3) is 4.42. The number of aromatic amines is 1. The summed E-state index contributed by atoms with van der Waals surface area (Å²) < 4.78 is 5.66. The molecule has 0 unspecified atom stereocenters. The fourth-order valence-electron chi connectivity index (χ4n) is 4.85. The number of hydrogen-bond donors (Lipinski definition) is 2. The van der Waals surface area contributed by atoms with Crippen LogP contribution in [0.3, 0.4) is 0 Å². The first-order chi connectivity index (χ1) is 18.5. The summed E-state index contributed by atoms with van der Waals surface area (Å²) >= 11 is 2.31. The molecule has 10 heteroatoms. The molecule has 0 radical (unpaired) electrons. The SMILES string of the molecule is O=C(COc1ccc([C@@H]2c3sc(=O)[nH]c3S[C@H]3C(=O)N(c4ccccc4)C(=O)[C@@H]23)cc1)Nc1ccccc1. The van der Waals surface area contributed by atoms with Gasteiger partial charge in [0.2, 0.25) is 11.8 Å². The van der Waals surface area contributed by atoms with E-state index in [4.69, 9.17) is 4.74 Å². The van der Waals surface area contributed by atoms with Gasteiger partial charge >= 0.3 is 4.87 Å². The first-order valence-corrected chi connectivity index (χ1v) is 13.6. The van der Waals surface area contributed by atoms with E-state index in [1.807, 2.05) is 36.4 Å². The van der Waals surface area contributed by atoms with Gasteiger partial charge in [-0.2, -0.15) is 0 Å². The highest BCUT2D eigenvalue weighted by atomic mass is 32.2. The molecule has 4 aromatic rings. The lowest BCUT2D eigenvalue weighted by atomic mass is 9.83. The Morgan fingerprint density at radius 1 is 0.895 bits per heavy atom. The highest BCUT2D eigenvalue weighted by Crippen LogP contribution is 2.53. The predicted octanol–water partition coefficient (Wildman–Crippen LogP) is 4.25. The zero-order chi connectivity index (χ0) is 26.2. The van der Waals surface area contributed by atoms with Gasteiger partial charge in [0.1, 0.15) is 11.0 Å². The number of nitrogens with zero attached hydrogens (tertiary/aromatic N) is 1. The summed E-state index contributed by atoms with van der Waals surface area (Å²) in [5.41, 5.74) is 2.00. The molecule has 8 nitrogen and oxygen atoms in total. The number of anilines is 2. The number of amides is 3. The summed E-state index contributed by atoms with van der Waals surface area (Å²) in [6, 6.07) is 25.1. The van der Waals surface area contributed by atoms with E-state index >= 15 is 0 Å². The lowest BCUT2D eigenvalue weighted by Gasteiger charge is -2.29. The summed E-state index contributed by atoms with van der Waals surface area (Å²) in [6.45, 7) is -0.165. The average Bonchev–Trinajstić information content (AvgIpc) is 3.43. The van der Waals surface area contributed by atoms with E-state index < -0.39 is 17.1 Å². The Morgan fingerprint density at radius 3 is 2.29 bits per heavy atom. The number of imide groups is 1. The Hall–Kier alpha value is -4.15. The number of thiazole rings is 1. The second kappa shape index (κ2) is 9.96. The minimum Gasteiger partial charge on any atom is -0.484 e. The number of hydrogen-bond acceptors (Lipinski definition) is 7. The summed E-state index contributed by atoms with van der Waals surface area (Å²) in [4.78, 5) is 56.2. The molecule has 2 N–H and O–H groups in total. The molecular weight excluding hydrogens is 522 g/mol. The van der Waals surface area contributed by atoms with Crippen molar-refractivity contribution >= 4 is 52.2 Å². The Bertz CT molecular complexity index is 1570. The topological polar surface area (TPSA) is 109 Å². The summed E-state index contributed by atoms with van der Waals surface area (Å²) in [5.74, 6) is -1.50. The van der Waals surface area contributed by atoms with E-state index in [9.17, 15) is 19.2 Å². The molecule has 3 aromatic carbocycles. The lowest BCUT2D eigenvalue weighted by Crippen LogP contribution is -2.32. The highest BCUT2D eigenvalue weighted by Gasteiger charge is 2.56. The van der Waals surface area contributed by atoms with Crippen LogP contribution < -0.4 is 19.8 Å². The van der Waals surface area contributed by atoms with Crippen molar-refractivity contribution in [1.82, 2.24) is 4.98 Å². The molecule has 38 heavy (non-hydrogen) atoms. The van der Waals surface area contributed by atoms with Crippen LogP contribution in [0.5, 0.6) is 5.75 Å². The molecule has 6 rings (SSSR count). The molecule has 190 valence electrons. The third-order valence-electron chi connectivity index (χ3n) is 6.51. The number of aromatic nitrogens is 1. The lowest BCUT2D eigenvalue weighted by molar-refractivity contribution is -0.122. The van der Waals surface area contributed by atoms with Gasteiger partial charge in [-0.05, 0) is 42.0 Å². The van der Waals surface area contributed by atoms with E-state index in [-0.39, 0.29) is 29.2 Å². The second-order valence-corrected chi connectivity index (χ2v) is 11.0. The summed E-state index contributed by atoms with van der Waals surface area (Å²) in [6.07, 6.45) is 0. The number of ether oxygens (including phenoxy) is 1. The molecule has 2 aliphatic heterocycles. The van der Waals surface area contributed by atoms with Crippen LogP contribution in [0.15, 0.2) is 94.7 Å². The Balaban J connectivity index is 1.25. The summed E-state index contributed by atoms with van der Waals surface area (Å²) in [7, 11) is 0. The number of thioether (sulfide) groups is 1. The number of carbonyl (C=O) groups is 3. The van der Waals surface area contributed by atoms with E-state index in [0.717, 1.165) is 21.8 Å². The Labute approximate surface area is 225 Å². The van der Waals surface area contributed by atoms with Crippen molar-refractivity contribution in [3.8, 4) is 5.75 Å². The van der Waals surface area contributed by atoms with E-state index in [1.54, 1.807) is 48.5 Å². The number of para-hydroxylation sites is 2. The standard InChI is InChI=1S/C28H21N3O5S2/c32-20(29-17-7-3-1-4-8-17)15-36-19-13-11-16(12-14-19)21-22-24(37-25-23(21)38-28(35)30-25)27(34)31(26(22)33)18-9-5-2-6-10-18/h1-14,21-22,24H,15H2,(H,29,32)(H,30,35)/t21-,22-,24+/m0/s1. The average molecular weight is 544 g/mol. The number of benzene rings is 3. The van der Waals surface area contributed by atoms with Gasteiger partial charge in [0.25, 0.3) is 5.91 Å². The second-order valence-electron chi connectivity index (χ2n) is 8.87. The van der Waals surface area contributed by atoms with Crippen LogP contribution in [0.25, 0.3) is 0 Å². The fourth-order valence-corrected chi connectivity index (χ4v) is 7.36. The minimum absolute atomic E-state index is 0.165. The largest absolute Gasteiger partial charge is 0.484 e. The monoisotopic (exact) mass is 543 g/mol. The fraction of sp³-hybridized carbons (Fsp3) is 0.143. The summed E-state index contributed by atoms with van der Waals surface area (Å²) in [5, 5.41) is 2.74. The van der Waals surface area contributed by atoms with Crippen molar-refractivity contribution in [2.45, 2.75) is 16.2 Å². The zero-order valence-electron chi connectivity index (χ0n) is 19.8. The van der Waals surface area contributed by atoms with Gasteiger partial charge in [0, 0.05) is 16.5 Å². The van der Waals surface area contributed by atoms with Crippen molar-refractivity contribution in [3.63, 3.8) is 0 Å². The van der Waals surface area contributed by atoms with Gasteiger partial charge in [-0.25, -0.2) is 4.90 Å². The number of fused-ring (bicyclic) bond motifs is 2. The zero-order valence-corrected chi connectivity index (χ0v) is 21.5. The molecule has 0 bridgehead atoms. The quantitative estimate of drug-likeness (QED) is 0.352. The van der Waals surface area contributed by atoms with Gasteiger partial charge < -0.3 is 15.0 Å². The van der Waals surface area contributed by atoms with Crippen LogP contribution in [0.2, 0.25) is 0 Å². The number of H-pyrrole nitrogens is 1. The molecule has 0 aliphatic carbocycles. The normalized spacial score (nSPS) is 20.1. The first kappa shape index (κ1) is 24.2. The van der Waals surface area contributed by atoms with Crippen molar-refractivity contribution in [1.29, 1.82) is 0 Å². The van der Waals surface area contributed by atoms with E-state index in [1.165, 1.54) is 16.7 Å². The first-order valence-electron chi connectivity index (χ1n) is 11.9. The van der Waals surface area contributed by atoms with Crippen molar-refractivity contribution in [2.75, 3.05) is 16.8 Å². The third-order valence-corrected chi connectivity index (χ3v) is 8.91. The van der Waals surface area contributed by atoms with Gasteiger partial charge in [0.15, 0.2) is 6.61 Å². The molecule has 3 amide bonds. The van der Waals surface area contributed by atoms with Crippen LogP contribution in [0, 0.1) is 5.92 Å². The number of nitrogens with one attached hydrogen (secondary N) is 2. The van der Waals surface area contributed by atoms with Crippen LogP contribution >= 0.6 is 23.1 Å². The van der Waals surface area contributed by atoms with Crippen molar-refractivity contribution < 1.29 is 19.1 Å². The van der Waals surface area contributed by atoms with Gasteiger partial charge in [-0.1, -0.05) is 71.6 Å². The maximum Gasteiger partial charge on any atom is 0.305 e. The molecule has 0 spiro atoms. The molecule has 2 aliphatic rings. The van der Waals surface area contributed by atoms with Crippen molar-refractivity contribution in [3.05, 3.63) is 105 Å². The van der Waals surface area contributed by atoms with Gasteiger partial charge in [0.05, 0.1) is 16.6 Å². The molecule has 1 fully saturated rings. The highest BCUT2D eigenvalue weighted by molar-refractivity contribution is 8.00. The maximum atomic E-state index is 13.7. The molecule has 0 saturated carbocycles. The Morgan fingerprint density at radius 2 is 1.58 bits per heavy atom. The van der Waals surface area contributed by atoms with Crippen molar-refractivity contribution in [2.24, 2.45) is 5.92 Å². The molecule has 3 heterocycles. The molecule has 1 saturated heterocycles. The number of carbonyl (C=O) groups excluding carboxylic acids is 3. The maximum absolute atomic E-state index is 13.7.